The average Bonchev–Trinajstić information content (AvgIpc) is 2.66. The normalized spacial score (nSPS) is 13.5. The first-order valence-corrected chi connectivity index (χ1v) is 7.09. The fraction of sp³-hybridized carbons (Fsp3) is 0.400. The van der Waals surface area contributed by atoms with Crippen molar-refractivity contribution in [3.8, 4) is 5.75 Å². The number of ether oxygens (including phenoxy) is 1. The van der Waals surface area contributed by atoms with Crippen LogP contribution in [0, 0.1) is 0 Å². The molecule has 0 aliphatic carbocycles. The first kappa shape index (κ1) is 12.3. The largest absolute Gasteiger partial charge is 0.493 e. The lowest BCUT2D eigenvalue weighted by atomic mass is 10.2. The van der Waals surface area contributed by atoms with E-state index >= 15 is 0 Å². The molecule has 1 aromatic rings. The van der Waals surface area contributed by atoms with Crippen molar-refractivity contribution in [3.63, 3.8) is 0 Å². The van der Waals surface area contributed by atoms with Crippen LogP contribution in [0.15, 0.2) is 23.1 Å². The second-order valence-corrected chi connectivity index (χ2v) is 5.37. The fourth-order valence-electron chi connectivity index (χ4n) is 1.31. The van der Waals surface area contributed by atoms with Gasteiger partial charge in [0.25, 0.3) is 9.05 Å². The highest BCUT2D eigenvalue weighted by Gasteiger charge is 2.16. The zero-order valence-corrected chi connectivity index (χ0v) is 10.2. The molecule has 0 unspecified atom stereocenters. The van der Waals surface area contributed by atoms with Gasteiger partial charge in [0.1, 0.15) is 5.75 Å². The summed E-state index contributed by atoms with van der Waals surface area (Å²) in [6.07, 6.45) is 0.746. The van der Waals surface area contributed by atoms with Crippen LogP contribution in [0.2, 0.25) is 0 Å². The van der Waals surface area contributed by atoms with E-state index in [2.05, 4.69) is 0 Å². The molecule has 0 N–H and O–H groups in total. The van der Waals surface area contributed by atoms with Crippen molar-refractivity contribution >= 4 is 19.7 Å². The van der Waals surface area contributed by atoms with E-state index in [0.717, 1.165) is 17.7 Å². The molecule has 0 bridgehead atoms. The molecule has 1 aliphatic heterocycles. The molecule has 1 heterocycles. The molecule has 0 amide bonds. The Bertz CT molecular complexity index is 440. The summed E-state index contributed by atoms with van der Waals surface area (Å²) in [4.78, 5) is 0.137. The molecule has 15 heavy (non-hydrogen) atoms. The Morgan fingerprint density at radius 2 is 2.00 bits per heavy atom. The van der Waals surface area contributed by atoms with Gasteiger partial charge in [-0.25, -0.2) is 8.42 Å². The maximum Gasteiger partial charge on any atom is 0.261 e. The highest BCUT2D eigenvalue weighted by molar-refractivity contribution is 8.13. The van der Waals surface area contributed by atoms with E-state index < -0.39 is 9.05 Å². The van der Waals surface area contributed by atoms with Gasteiger partial charge in [-0.1, -0.05) is 13.8 Å². The van der Waals surface area contributed by atoms with Crippen molar-refractivity contribution in [2.45, 2.75) is 25.2 Å². The van der Waals surface area contributed by atoms with Crippen molar-refractivity contribution < 1.29 is 13.2 Å². The van der Waals surface area contributed by atoms with E-state index in [1.807, 2.05) is 13.8 Å². The summed E-state index contributed by atoms with van der Waals surface area (Å²) < 4.78 is 27.1. The maximum atomic E-state index is 11.0. The SMILES string of the molecule is CC.O=S(=O)(Cl)c1ccc2c(c1)CCO2. The predicted octanol–water partition coefficient (Wildman–Crippen LogP) is 2.58. The summed E-state index contributed by atoms with van der Waals surface area (Å²) in [6, 6.07) is 4.65. The highest BCUT2D eigenvalue weighted by atomic mass is 35.7. The van der Waals surface area contributed by atoms with Gasteiger partial charge >= 0.3 is 0 Å². The van der Waals surface area contributed by atoms with Gasteiger partial charge in [0.15, 0.2) is 0 Å². The Labute approximate surface area is 94.4 Å². The number of halogens is 1. The number of hydrogen-bond acceptors (Lipinski definition) is 3. The molecule has 0 atom stereocenters. The van der Waals surface area contributed by atoms with Crippen molar-refractivity contribution in [1.29, 1.82) is 0 Å². The van der Waals surface area contributed by atoms with Crippen molar-refractivity contribution in [1.82, 2.24) is 0 Å². The van der Waals surface area contributed by atoms with Crippen molar-refractivity contribution in [3.05, 3.63) is 23.8 Å². The summed E-state index contributed by atoms with van der Waals surface area (Å²) in [6.45, 7) is 4.61. The van der Waals surface area contributed by atoms with E-state index in [0.29, 0.717) is 6.61 Å². The molecule has 5 heteroatoms. The van der Waals surface area contributed by atoms with Crippen LogP contribution in [0.1, 0.15) is 19.4 Å². The lowest BCUT2D eigenvalue weighted by Gasteiger charge is -1.99. The molecule has 1 aliphatic rings. The molecule has 3 nitrogen and oxygen atoms in total. The smallest absolute Gasteiger partial charge is 0.261 e. The van der Waals surface area contributed by atoms with Gasteiger partial charge in [-0.3, -0.25) is 0 Å². The van der Waals surface area contributed by atoms with Gasteiger partial charge in [0, 0.05) is 17.1 Å². The van der Waals surface area contributed by atoms with Crippen LogP contribution in [0.5, 0.6) is 5.75 Å². The Morgan fingerprint density at radius 3 is 2.60 bits per heavy atom. The van der Waals surface area contributed by atoms with E-state index in [1.165, 1.54) is 6.07 Å². The fourth-order valence-corrected chi connectivity index (χ4v) is 2.12. The molecule has 0 saturated heterocycles. The molecule has 0 radical (unpaired) electrons. The van der Waals surface area contributed by atoms with Crippen LogP contribution in [-0.4, -0.2) is 15.0 Å². The van der Waals surface area contributed by atoms with Crippen LogP contribution >= 0.6 is 10.7 Å². The molecule has 0 spiro atoms. The van der Waals surface area contributed by atoms with Gasteiger partial charge in [-0.15, -0.1) is 0 Å². The van der Waals surface area contributed by atoms with Crippen molar-refractivity contribution in [2.75, 3.05) is 6.61 Å². The zero-order valence-electron chi connectivity index (χ0n) is 8.66. The summed E-state index contributed by atoms with van der Waals surface area (Å²) in [7, 11) is 1.58. The van der Waals surface area contributed by atoms with E-state index in [1.54, 1.807) is 12.1 Å². The Balaban J connectivity index is 0.000000531. The molecular formula is C10H13ClO3S. The third kappa shape index (κ3) is 2.86. The van der Waals surface area contributed by atoms with Gasteiger partial charge in [-0.05, 0) is 23.8 Å². The minimum absolute atomic E-state index is 0.137. The molecule has 0 saturated carbocycles. The van der Waals surface area contributed by atoms with Gasteiger partial charge < -0.3 is 4.74 Å². The third-order valence-electron chi connectivity index (χ3n) is 1.94. The van der Waals surface area contributed by atoms with E-state index in [-0.39, 0.29) is 4.90 Å². The molecule has 1 aromatic carbocycles. The Morgan fingerprint density at radius 1 is 1.33 bits per heavy atom. The quantitative estimate of drug-likeness (QED) is 0.718. The number of hydrogen-bond donors (Lipinski definition) is 0. The first-order chi connectivity index (χ1) is 7.07. The molecular weight excluding hydrogens is 236 g/mol. The van der Waals surface area contributed by atoms with Gasteiger partial charge in [0.2, 0.25) is 0 Å². The van der Waals surface area contributed by atoms with Crippen LogP contribution in [0.3, 0.4) is 0 Å². The second kappa shape index (κ2) is 4.86. The number of benzene rings is 1. The molecule has 84 valence electrons. The summed E-state index contributed by atoms with van der Waals surface area (Å²) in [5.41, 5.74) is 0.904. The van der Waals surface area contributed by atoms with Crippen LogP contribution < -0.4 is 4.74 Å². The Kier molecular flexibility index (Phi) is 3.99. The number of fused-ring (bicyclic) bond motifs is 1. The molecule has 2 rings (SSSR count). The highest BCUT2D eigenvalue weighted by Crippen LogP contribution is 2.28. The zero-order chi connectivity index (χ0) is 11.5. The van der Waals surface area contributed by atoms with Crippen LogP contribution in [-0.2, 0) is 15.5 Å². The van der Waals surface area contributed by atoms with Crippen LogP contribution in [0.25, 0.3) is 0 Å². The number of rotatable bonds is 1. The second-order valence-electron chi connectivity index (χ2n) is 2.81. The summed E-state index contributed by atoms with van der Waals surface area (Å²) >= 11 is 0. The molecule has 0 fully saturated rings. The minimum atomic E-state index is -3.61. The van der Waals surface area contributed by atoms with E-state index in [9.17, 15) is 8.42 Å². The minimum Gasteiger partial charge on any atom is -0.493 e. The molecule has 0 aromatic heterocycles. The standard InChI is InChI=1S/C8H7ClO3S.C2H6/c9-13(10,11)7-1-2-8-6(5-7)3-4-12-8;1-2/h1-2,5H,3-4H2;1-2H3. The third-order valence-corrected chi connectivity index (χ3v) is 3.29. The maximum absolute atomic E-state index is 11.0. The predicted molar refractivity (Wildman–Crippen MR) is 60.0 cm³/mol. The Hall–Kier alpha value is -0.740. The average molecular weight is 249 g/mol. The van der Waals surface area contributed by atoms with Gasteiger partial charge in [0.05, 0.1) is 11.5 Å². The lowest BCUT2D eigenvalue weighted by molar-refractivity contribution is 0.356. The monoisotopic (exact) mass is 248 g/mol. The lowest BCUT2D eigenvalue weighted by Crippen LogP contribution is -1.91. The van der Waals surface area contributed by atoms with Crippen LogP contribution in [0.4, 0.5) is 0 Å². The first-order valence-electron chi connectivity index (χ1n) is 4.78. The van der Waals surface area contributed by atoms with Gasteiger partial charge in [-0.2, -0.15) is 0 Å². The summed E-state index contributed by atoms with van der Waals surface area (Å²) in [5.74, 6) is 0.754. The van der Waals surface area contributed by atoms with Crippen molar-refractivity contribution in [2.24, 2.45) is 0 Å². The van der Waals surface area contributed by atoms with E-state index in [4.69, 9.17) is 15.4 Å². The summed E-state index contributed by atoms with van der Waals surface area (Å²) in [5, 5.41) is 0. The topological polar surface area (TPSA) is 43.4 Å².